The van der Waals surface area contributed by atoms with Crippen LogP contribution in [0.2, 0.25) is 0 Å². The monoisotopic (exact) mass is 157 g/mol. The van der Waals surface area contributed by atoms with Gasteiger partial charge in [-0.15, -0.1) is 0 Å². The predicted octanol–water partition coefficient (Wildman–Crippen LogP) is 2.62. The second-order valence-corrected chi connectivity index (χ2v) is 4.40. The van der Waals surface area contributed by atoms with E-state index in [1.165, 1.54) is 6.42 Å². The summed E-state index contributed by atoms with van der Waals surface area (Å²) in [6.07, 6.45) is 1.31. The molecule has 0 aliphatic rings. The van der Waals surface area contributed by atoms with Gasteiger partial charge in [0.15, 0.2) is 0 Å². The first kappa shape index (κ1) is 11.0. The lowest BCUT2D eigenvalue weighted by molar-refractivity contribution is 0.199. The second-order valence-electron chi connectivity index (χ2n) is 4.40. The average molecular weight is 157 g/mol. The number of hydrogen-bond acceptors (Lipinski definition) is 1. The summed E-state index contributed by atoms with van der Waals surface area (Å²) in [4.78, 5) is 2.34. The first-order chi connectivity index (χ1) is 4.95. The van der Waals surface area contributed by atoms with Crippen molar-refractivity contribution in [2.45, 2.75) is 40.2 Å². The van der Waals surface area contributed by atoms with Crippen molar-refractivity contribution in [3.05, 3.63) is 0 Å². The quantitative estimate of drug-likeness (QED) is 0.606. The van der Waals surface area contributed by atoms with E-state index in [0.29, 0.717) is 0 Å². The van der Waals surface area contributed by atoms with E-state index in [4.69, 9.17) is 0 Å². The molecule has 0 spiro atoms. The molecule has 0 saturated carbocycles. The SMILES string of the molecule is CC(C)C[C@@H](C(C)C)N(C)C. The topological polar surface area (TPSA) is 3.24 Å². The van der Waals surface area contributed by atoms with Gasteiger partial charge in [-0.2, -0.15) is 0 Å². The van der Waals surface area contributed by atoms with Crippen LogP contribution in [0.5, 0.6) is 0 Å². The Balaban J connectivity index is 3.90. The molecule has 0 bridgehead atoms. The van der Waals surface area contributed by atoms with E-state index in [2.05, 4.69) is 46.7 Å². The molecule has 0 aliphatic heterocycles. The Bertz CT molecular complexity index is 87.0. The minimum absolute atomic E-state index is 0.745. The Morgan fingerprint density at radius 2 is 1.45 bits per heavy atom. The summed E-state index contributed by atoms with van der Waals surface area (Å²) >= 11 is 0. The van der Waals surface area contributed by atoms with E-state index in [1.54, 1.807) is 0 Å². The van der Waals surface area contributed by atoms with Crippen LogP contribution in [0.15, 0.2) is 0 Å². The molecule has 1 nitrogen and oxygen atoms in total. The fourth-order valence-electron chi connectivity index (χ4n) is 1.56. The van der Waals surface area contributed by atoms with Crippen LogP contribution in [0.3, 0.4) is 0 Å². The van der Waals surface area contributed by atoms with Gasteiger partial charge in [0.2, 0.25) is 0 Å². The third-order valence-corrected chi connectivity index (χ3v) is 2.15. The molecule has 0 aromatic carbocycles. The molecule has 1 atom stereocenters. The van der Waals surface area contributed by atoms with Gasteiger partial charge in [0.25, 0.3) is 0 Å². The maximum Gasteiger partial charge on any atom is 0.0115 e. The zero-order valence-electron chi connectivity index (χ0n) is 8.89. The van der Waals surface area contributed by atoms with Gasteiger partial charge in [0.05, 0.1) is 0 Å². The summed E-state index contributed by atoms with van der Waals surface area (Å²) in [5, 5.41) is 0. The highest BCUT2D eigenvalue weighted by atomic mass is 15.1. The van der Waals surface area contributed by atoms with Crippen LogP contribution in [0.25, 0.3) is 0 Å². The first-order valence-corrected chi connectivity index (χ1v) is 4.61. The van der Waals surface area contributed by atoms with Gasteiger partial charge < -0.3 is 4.90 Å². The van der Waals surface area contributed by atoms with E-state index in [-0.39, 0.29) is 0 Å². The van der Waals surface area contributed by atoms with Crippen molar-refractivity contribution < 1.29 is 0 Å². The fraction of sp³-hybridized carbons (Fsp3) is 1.00. The van der Waals surface area contributed by atoms with Crippen molar-refractivity contribution in [3.63, 3.8) is 0 Å². The molecule has 0 aliphatic carbocycles. The van der Waals surface area contributed by atoms with Crippen molar-refractivity contribution in [2.75, 3.05) is 14.1 Å². The number of nitrogens with zero attached hydrogens (tertiary/aromatic N) is 1. The lowest BCUT2D eigenvalue weighted by atomic mass is 9.94. The highest BCUT2D eigenvalue weighted by molar-refractivity contribution is 4.71. The van der Waals surface area contributed by atoms with E-state index in [1.807, 2.05) is 0 Å². The van der Waals surface area contributed by atoms with Crippen LogP contribution in [0.1, 0.15) is 34.1 Å². The summed E-state index contributed by atoms with van der Waals surface area (Å²) in [5.74, 6) is 1.58. The fourth-order valence-corrected chi connectivity index (χ4v) is 1.56. The second kappa shape index (κ2) is 4.76. The average Bonchev–Trinajstić information content (AvgIpc) is 1.81. The van der Waals surface area contributed by atoms with Gasteiger partial charge in [-0.3, -0.25) is 0 Å². The summed E-state index contributed by atoms with van der Waals surface area (Å²) in [6.45, 7) is 9.18. The first-order valence-electron chi connectivity index (χ1n) is 4.61. The van der Waals surface area contributed by atoms with E-state index >= 15 is 0 Å². The molecule has 1 heteroatoms. The molecule has 0 aromatic heterocycles. The molecule has 0 amide bonds. The maximum absolute atomic E-state index is 2.34. The van der Waals surface area contributed by atoms with E-state index in [0.717, 1.165) is 17.9 Å². The normalized spacial score (nSPS) is 15.0. The highest BCUT2D eigenvalue weighted by Gasteiger charge is 2.16. The Morgan fingerprint density at radius 1 is 1.00 bits per heavy atom. The van der Waals surface area contributed by atoms with Gasteiger partial charge >= 0.3 is 0 Å². The van der Waals surface area contributed by atoms with Crippen LogP contribution in [-0.4, -0.2) is 25.0 Å². The zero-order chi connectivity index (χ0) is 9.02. The molecule has 0 radical (unpaired) electrons. The van der Waals surface area contributed by atoms with Crippen LogP contribution in [-0.2, 0) is 0 Å². The maximum atomic E-state index is 2.34. The Labute approximate surface area is 71.8 Å². The minimum Gasteiger partial charge on any atom is -0.306 e. The van der Waals surface area contributed by atoms with Crippen molar-refractivity contribution in [3.8, 4) is 0 Å². The van der Waals surface area contributed by atoms with Gasteiger partial charge in [-0.05, 0) is 32.4 Å². The van der Waals surface area contributed by atoms with Crippen molar-refractivity contribution in [1.82, 2.24) is 4.90 Å². The molecule has 0 saturated heterocycles. The summed E-state index contributed by atoms with van der Waals surface area (Å²) < 4.78 is 0. The standard InChI is InChI=1S/C10H23N/c1-8(2)7-10(9(3)4)11(5)6/h8-10H,7H2,1-6H3/t10-/m0/s1. The van der Waals surface area contributed by atoms with Crippen LogP contribution >= 0.6 is 0 Å². The molecular formula is C10H23N. The Morgan fingerprint density at radius 3 is 1.55 bits per heavy atom. The molecular weight excluding hydrogens is 134 g/mol. The predicted molar refractivity (Wildman–Crippen MR) is 51.8 cm³/mol. The molecule has 0 fully saturated rings. The van der Waals surface area contributed by atoms with E-state index in [9.17, 15) is 0 Å². The lowest BCUT2D eigenvalue weighted by Gasteiger charge is -2.29. The summed E-state index contributed by atoms with van der Waals surface area (Å²) in [6, 6.07) is 0.745. The van der Waals surface area contributed by atoms with Gasteiger partial charge in [0, 0.05) is 6.04 Å². The number of rotatable bonds is 4. The van der Waals surface area contributed by atoms with Gasteiger partial charge in [-0.25, -0.2) is 0 Å². The number of hydrogen-bond donors (Lipinski definition) is 0. The highest BCUT2D eigenvalue weighted by Crippen LogP contribution is 2.16. The van der Waals surface area contributed by atoms with Gasteiger partial charge in [-0.1, -0.05) is 27.7 Å². The Hall–Kier alpha value is -0.0400. The molecule has 0 N–H and O–H groups in total. The van der Waals surface area contributed by atoms with Crippen LogP contribution in [0, 0.1) is 11.8 Å². The van der Waals surface area contributed by atoms with Gasteiger partial charge in [0.1, 0.15) is 0 Å². The van der Waals surface area contributed by atoms with Crippen molar-refractivity contribution in [1.29, 1.82) is 0 Å². The van der Waals surface area contributed by atoms with Crippen LogP contribution in [0.4, 0.5) is 0 Å². The van der Waals surface area contributed by atoms with E-state index < -0.39 is 0 Å². The smallest absolute Gasteiger partial charge is 0.0115 e. The molecule has 11 heavy (non-hydrogen) atoms. The Kier molecular flexibility index (Phi) is 4.74. The molecule has 0 unspecified atom stereocenters. The largest absolute Gasteiger partial charge is 0.306 e. The summed E-state index contributed by atoms with van der Waals surface area (Å²) in [7, 11) is 4.35. The lowest BCUT2D eigenvalue weighted by Crippen LogP contribution is -2.33. The van der Waals surface area contributed by atoms with Crippen molar-refractivity contribution in [2.24, 2.45) is 11.8 Å². The third kappa shape index (κ3) is 4.41. The van der Waals surface area contributed by atoms with Crippen molar-refractivity contribution >= 4 is 0 Å². The molecule has 0 rings (SSSR count). The molecule has 0 aromatic rings. The molecule has 0 heterocycles. The third-order valence-electron chi connectivity index (χ3n) is 2.15. The van der Waals surface area contributed by atoms with Crippen LogP contribution < -0.4 is 0 Å². The minimum atomic E-state index is 0.745. The zero-order valence-corrected chi connectivity index (χ0v) is 8.89. The summed E-state index contributed by atoms with van der Waals surface area (Å²) in [5.41, 5.74) is 0. The molecule has 68 valence electrons.